The SMILES string of the molecule is CCCCc1nc2ccc(C(=O)CCC(=O)OC)cc2n1Cc1ccc(-c2ccccc2C(=O)OC)cc1. The Morgan fingerprint density at radius 3 is 2.37 bits per heavy atom. The smallest absolute Gasteiger partial charge is 0.338 e. The molecule has 0 bridgehead atoms. The fourth-order valence-electron chi connectivity index (χ4n) is 4.51. The number of aromatic nitrogens is 2. The Morgan fingerprint density at radius 2 is 1.66 bits per heavy atom. The first kappa shape index (κ1) is 26.8. The van der Waals surface area contributed by atoms with Gasteiger partial charge in [0.1, 0.15) is 5.82 Å². The summed E-state index contributed by atoms with van der Waals surface area (Å²) in [5.41, 5.74) is 5.62. The molecule has 1 heterocycles. The van der Waals surface area contributed by atoms with Gasteiger partial charge in [-0.05, 0) is 47.4 Å². The van der Waals surface area contributed by atoms with E-state index < -0.39 is 5.97 Å². The summed E-state index contributed by atoms with van der Waals surface area (Å²) in [6.45, 7) is 2.74. The Kier molecular flexibility index (Phi) is 8.69. The maximum absolute atomic E-state index is 12.8. The Bertz CT molecular complexity index is 1450. The molecular formula is C31H32N2O5. The minimum Gasteiger partial charge on any atom is -0.469 e. The van der Waals surface area contributed by atoms with E-state index in [1.54, 1.807) is 12.1 Å². The fourth-order valence-corrected chi connectivity index (χ4v) is 4.51. The molecule has 0 fully saturated rings. The van der Waals surface area contributed by atoms with E-state index in [2.05, 4.69) is 16.2 Å². The monoisotopic (exact) mass is 512 g/mol. The van der Waals surface area contributed by atoms with Crippen molar-refractivity contribution in [2.24, 2.45) is 0 Å². The second-order valence-electron chi connectivity index (χ2n) is 9.15. The third kappa shape index (κ3) is 5.99. The Balaban J connectivity index is 1.65. The van der Waals surface area contributed by atoms with Crippen LogP contribution in [0.2, 0.25) is 0 Å². The summed E-state index contributed by atoms with van der Waals surface area (Å²) in [6, 6.07) is 21.0. The summed E-state index contributed by atoms with van der Waals surface area (Å²) < 4.78 is 11.8. The first-order chi connectivity index (χ1) is 18.4. The molecule has 38 heavy (non-hydrogen) atoms. The number of Topliss-reactive ketones (excluding diaryl/α,β-unsaturated/α-hetero) is 1. The predicted octanol–water partition coefficient (Wildman–Crippen LogP) is 6.02. The lowest BCUT2D eigenvalue weighted by atomic mass is 9.98. The van der Waals surface area contributed by atoms with Crippen molar-refractivity contribution in [1.29, 1.82) is 0 Å². The van der Waals surface area contributed by atoms with Gasteiger partial charge in [0.05, 0.1) is 37.2 Å². The van der Waals surface area contributed by atoms with Crippen LogP contribution in [0.15, 0.2) is 66.7 Å². The fraction of sp³-hybridized carbons (Fsp3) is 0.290. The molecule has 0 amide bonds. The maximum atomic E-state index is 12.8. The van der Waals surface area contributed by atoms with Crippen LogP contribution in [0.4, 0.5) is 0 Å². The van der Waals surface area contributed by atoms with Gasteiger partial charge >= 0.3 is 11.9 Å². The van der Waals surface area contributed by atoms with E-state index in [1.165, 1.54) is 14.2 Å². The molecule has 4 aromatic rings. The number of carbonyl (C=O) groups excluding carboxylic acids is 3. The molecular weight excluding hydrogens is 480 g/mol. The maximum Gasteiger partial charge on any atom is 0.338 e. The molecule has 0 aliphatic carbocycles. The molecule has 0 N–H and O–H groups in total. The van der Waals surface area contributed by atoms with Crippen LogP contribution in [0.1, 0.15) is 64.7 Å². The largest absolute Gasteiger partial charge is 0.469 e. The molecule has 7 nitrogen and oxygen atoms in total. The van der Waals surface area contributed by atoms with Crippen molar-refractivity contribution in [3.05, 3.63) is 89.2 Å². The number of carbonyl (C=O) groups is 3. The number of benzene rings is 3. The topological polar surface area (TPSA) is 87.5 Å². The highest BCUT2D eigenvalue weighted by Crippen LogP contribution is 2.26. The molecule has 0 unspecified atom stereocenters. The number of nitrogens with zero attached hydrogens (tertiary/aromatic N) is 2. The quantitative estimate of drug-likeness (QED) is 0.180. The molecule has 0 spiro atoms. The molecule has 0 radical (unpaired) electrons. The van der Waals surface area contributed by atoms with Crippen molar-refractivity contribution in [2.45, 2.75) is 45.6 Å². The van der Waals surface area contributed by atoms with E-state index in [9.17, 15) is 14.4 Å². The van der Waals surface area contributed by atoms with Crippen LogP contribution in [0.25, 0.3) is 22.2 Å². The Labute approximate surface area is 222 Å². The van der Waals surface area contributed by atoms with Gasteiger partial charge in [0.25, 0.3) is 0 Å². The van der Waals surface area contributed by atoms with Crippen LogP contribution in [0, 0.1) is 0 Å². The first-order valence-electron chi connectivity index (χ1n) is 12.8. The van der Waals surface area contributed by atoms with E-state index in [-0.39, 0.29) is 24.6 Å². The lowest BCUT2D eigenvalue weighted by Gasteiger charge is -2.12. The third-order valence-electron chi connectivity index (χ3n) is 6.63. The Morgan fingerprint density at radius 1 is 0.895 bits per heavy atom. The van der Waals surface area contributed by atoms with E-state index in [4.69, 9.17) is 9.72 Å². The van der Waals surface area contributed by atoms with Crippen LogP contribution in [0.3, 0.4) is 0 Å². The summed E-state index contributed by atoms with van der Waals surface area (Å²) in [5, 5.41) is 0. The lowest BCUT2D eigenvalue weighted by molar-refractivity contribution is -0.140. The zero-order chi connectivity index (χ0) is 27.1. The van der Waals surface area contributed by atoms with Crippen LogP contribution in [-0.4, -0.2) is 41.5 Å². The van der Waals surface area contributed by atoms with Gasteiger partial charge in [0, 0.05) is 24.9 Å². The number of methoxy groups -OCH3 is 2. The zero-order valence-corrected chi connectivity index (χ0v) is 22.0. The van der Waals surface area contributed by atoms with Crippen LogP contribution in [-0.2, 0) is 27.2 Å². The summed E-state index contributed by atoms with van der Waals surface area (Å²) in [5.74, 6) is 0.103. The summed E-state index contributed by atoms with van der Waals surface area (Å²) >= 11 is 0. The number of fused-ring (bicyclic) bond motifs is 1. The van der Waals surface area contributed by atoms with Gasteiger partial charge in [-0.3, -0.25) is 9.59 Å². The van der Waals surface area contributed by atoms with E-state index in [0.29, 0.717) is 17.7 Å². The standard InChI is InChI=1S/C31H32N2O5/c1-4-5-10-29-32-26-16-15-23(28(34)17-18-30(35)37-2)19-27(26)33(29)20-21-11-13-22(14-12-21)24-8-6-7-9-25(24)31(36)38-3/h6-9,11-16,19H,4-5,10,17-18,20H2,1-3H3. The molecule has 0 saturated heterocycles. The summed E-state index contributed by atoms with van der Waals surface area (Å²) in [6.07, 6.45) is 3.05. The molecule has 0 atom stereocenters. The highest BCUT2D eigenvalue weighted by molar-refractivity contribution is 6.00. The van der Waals surface area contributed by atoms with Gasteiger partial charge in [0.2, 0.25) is 0 Å². The van der Waals surface area contributed by atoms with Gasteiger partial charge in [-0.1, -0.05) is 55.8 Å². The van der Waals surface area contributed by atoms with Gasteiger partial charge < -0.3 is 14.0 Å². The lowest BCUT2D eigenvalue weighted by Crippen LogP contribution is -2.07. The van der Waals surface area contributed by atoms with Crippen molar-refractivity contribution in [1.82, 2.24) is 9.55 Å². The second kappa shape index (κ2) is 12.3. The number of unbranched alkanes of at least 4 members (excludes halogenated alkanes) is 1. The molecule has 3 aromatic carbocycles. The highest BCUT2D eigenvalue weighted by Gasteiger charge is 2.16. The van der Waals surface area contributed by atoms with E-state index in [0.717, 1.165) is 52.8 Å². The normalized spacial score (nSPS) is 10.9. The predicted molar refractivity (Wildman–Crippen MR) is 146 cm³/mol. The minimum atomic E-state index is -0.399. The van der Waals surface area contributed by atoms with Crippen molar-refractivity contribution < 1.29 is 23.9 Å². The van der Waals surface area contributed by atoms with Gasteiger partial charge in [-0.25, -0.2) is 9.78 Å². The molecule has 196 valence electrons. The molecule has 1 aromatic heterocycles. The van der Waals surface area contributed by atoms with Crippen LogP contribution < -0.4 is 0 Å². The number of imidazole rings is 1. The number of ether oxygens (including phenoxy) is 2. The van der Waals surface area contributed by atoms with Crippen molar-refractivity contribution in [3.63, 3.8) is 0 Å². The van der Waals surface area contributed by atoms with Gasteiger partial charge in [-0.15, -0.1) is 0 Å². The minimum absolute atomic E-state index is 0.0554. The Hall–Kier alpha value is -4.26. The number of esters is 2. The zero-order valence-electron chi connectivity index (χ0n) is 22.0. The molecule has 7 heteroatoms. The number of hydrogen-bond acceptors (Lipinski definition) is 6. The number of ketones is 1. The summed E-state index contributed by atoms with van der Waals surface area (Å²) in [7, 11) is 2.70. The van der Waals surface area contributed by atoms with Crippen molar-refractivity contribution in [3.8, 4) is 11.1 Å². The third-order valence-corrected chi connectivity index (χ3v) is 6.63. The number of rotatable bonds is 11. The van der Waals surface area contributed by atoms with Crippen molar-refractivity contribution in [2.75, 3.05) is 14.2 Å². The van der Waals surface area contributed by atoms with Crippen LogP contribution in [0.5, 0.6) is 0 Å². The number of hydrogen-bond donors (Lipinski definition) is 0. The molecule has 0 saturated carbocycles. The highest BCUT2D eigenvalue weighted by atomic mass is 16.5. The molecule has 0 aliphatic heterocycles. The first-order valence-corrected chi connectivity index (χ1v) is 12.8. The van der Waals surface area contributed by atoms with Gasteiger partial charge in [0.15, 0.2) is 5.78 Å². The van der Waals surface area contributed by atoms with Crippen molar-refractivity contribution >= 4 is 28.8 Å². The van der Waals surface area contributed by atoms with Crippen LogP contribution >= 0.6 is 0 Å². The number of aryl methyl sites for hydroxylation is 1. The van der Waals surface area contributed by atoms with Gasteiger partial charge in [-0.2, -0.15) is 0 Å². The average Bonchev–Trinajstić information content (AvgIpc) is 3.30. The summed E-state index contributed by atoms with van der Waals surface area (Å²) in [4.78, 5) is 41.3. The average molecular weight is 513 g/mol. The molecule has 4 rings (SSSR count). The van der Waals surface area contributed by atoms with E-state index in [1.807, 2.05) is 54.6 Å². The van der Waals surface area contributed by atoms with E-state index >= 15 is 0 Å². The second-order valence-corrected chi connectivity index (χ2v) is 9.15. The molecule has 0 aliphatic rings.